The van der Waals surface area contributed by atoms with Crippen LogP contribution in [0.2, 0.25) is 0 Å². The van der Waals surface area contributed by atoms with Crippen LogP contribution in [0, 0.1) is 11.3 Å². The molecule has 2 atom stereocenters. The number of carbonyl (C=O) groups excluding carboxylic acids is 1. The normalized spacial score (nSPS) is 31.4. The molecule has 3 N–H and O–H groups in total. The number of rotatable bonds is 3. The van der Waals surface area contributed by atoms with Crippen molar-refractivity contribution in [3.05, 3.63) is 0 Å². The molecule has 2 unspecified atom stereocenters. The molecular formula is C16H30N2O3. The third-order valence-electron chi connectivity index (χ3n) is 5.01. The molecule has 0 aromatic carbocycles. The zero-order valence-corrected chi connectivity index (χ0v) is 13.6. The zero-order chi connectivity index (χ0) is 15.5. The highest BCUT2D eigenvalue weighted by Gasteiger charge is 2.34. The minimum Gasteiger partial charge on any atom is -0.388 e. The third-order valence-corrected chi connectivity index (χ3v) is 5.01. The Bertz CT molecular complexity index is 365. The zero-order valence-electron chi connectivity index (χ0n) is 13.6. The molecular weight excluding hydrogens is 268 g/mol. The van der Waals surface area contributed by atoms with Crippen molar-refractivity contribution < 1.29 is 14.6 Å². The van der Waals surface area contributed by atoms with E-state index in [0.717, 1.165) is 19.3 Å². The highest BCUT2D eigenvalue weighted by atomic mass is 16.5. The lowest BCUT2D eigenvalue weighted by molar-refractivity contribution is -0.0601. The molecule has 5 heteroatoms. The molecule has 1 heterocycles. The number of urea groups is 1. The molecule has 1 aliphatic carbocycles. The molecule has 0 radical (unpaired) electrons. The standard InChI is InChI=1S/C16H30N2O3/c1-12-10-15(2,3)5-4-13(12)18-14(19)17-11-16(20)6-8-21-9-7-16/h12-13,20H,4-11H2,1-3H3,(H2,17,18,19). The molecule has 0 aromatic rings. The fraction of sp³-hybridized carbons (Fsp3) is 0.938. The van der Waals surface area contributed by atoms with Crippen LogP contribution in [0.4, 0.5) is 4.79 Å². The van der Waals surface area contributed by atoms with Gasteiger partial charge in [0.2, 0.25) is 0 Å². The molecule has 1 aliphatic heterocycles. The maximum atomic E-state index is 12.0. The summed E-state index contributed by atoms with van der Waals surface area (Å²) in [7, 11) is 0. The Morgan fingerprint density at radius 3 is 2.57 bits per heavy atom. The van der Waals surface area contributed by atoms with Crippen LogP contribution in [0.15, 0.2) is 0 Å². The number of nitrogens with one attached hydrogen (secondary N) is 2. The summed E-state index contributed by atoms with van der Waals surface area (Å²) in [5.74, 6) is 0.491. The molecule has 5 nitrogen and oxygen atoms in total. The minimum atomic E-state index is -0.810. The second kappa shape index (κ2) is 6.53. The van der Waals surface area contributed by atoms with Crippen molar-refractivity contribution in [2.75, 3.05) is 19.8 Å². The SMILES string of the molecule is CC1CC(C)(C)CCC1NC(=O)NCC1(O)CCOCC1. The van der Waals surface area contributed by atoms with Crippen molar-refractivity contribution in [3.8, 4) is 0 Å². The summed E-state index contributed by atoms with van der Waals surface area (Å²) in [5.41, 5.74) is -0.429. The van der Waals surface area contributed by atoms with Crippen molar-refractivity contribution in [1.29, 1.82) is 0 Å². The summed E-state index contributed by atoms with van der Waals surface area (Å²) in [5, 5.41) is 16.2. The smallest absolute Gasteiger partial charge is 0.315 e. The molecule has 0 bridgehead atoms. The molecule has 1 saturated heterocycles. The van der Waals surface area contributed by atoms with Gasteiger partial charge >= 0.3 is 6.03 Å². The van der Waals surface area contributed by atoms with Gasteiger partial charge in [-0.05, 0) is 30.6 Å². The van der Waals surface area contributed by atoms with Gasteiger partial charge in [0.1, 0.15) is 0 Å². The van der Waals surface area contributed by atoms with Crippen molar-refractivity contribution in [2.24, 2.45) is 11.3 Å². The molecule has 2 fully saturated rings. The van der Waals surface area contributed by atoms with E-state index in [2.05, 4.69) is 31.4 Å². The van der Waals surface area contributed by atoms with Crippen LogP contribution in [-0.2, 0) is 4.74 Å². The van der Waals surface area contributed by atoms with Gasteiger partial charge < -0.3 is 20.5 Å². The van der Waals surface area contributed by atoms with E-state index in [0.29, 0.717) is 43.9 Å². The monoisotopic (exact) mass is 298 g/mol. The van der Waals surface area contributed by atoms with Crippen LogP contribution >= 0.6 is 0 Å². The second-order valence-electron chi connectivity index (χ2n) is 7.65. The molecule has 1 saturated carbocycles. The Kier molecular flexibility index (Phi) is 5.15. The van der Waals surface area contributed by atoms with E-state index >= 15 is 0 Å². The second-order valence-corrected chi connectivity index (χ2v) is 7.65. The van der Waals surface area contributed by atoms with Crippen LogP contribution < -0.4 is 10.6 Å². The predicted molar refractivity (Wildman–Crippen MR) is 82.1 cm³/mol. The number of carbonyl (C=O) groups is 1. The summed E-state index contributed by atoms with van der Waals surface area (Å²) in [4.78, 5) is 12.0. The molecule has 0 aromatic heterocycles. The summed E-state index contributed by atoms with van der Waals surface area (Å²) in [6.45, 7) is 8.22. The number of aliphatic hydroxyl groups is 1. The average Bonchev–Trinajstić information content (AvgIpc) is 2.40. The maximum Gasteiger partial charge on any atom is 0.315 e. The van der Waals surface area contributed by atoms with E-state index in [1.54, 1.807) is 0 Å². The first-order valence-corrected chi connectivity index (χ1v) is 8.14. The third kappa shape index (κ3) is 4.85. The van der Waals surface area contributed by atoms with Crippen molar-refractivity contribution in [1.82, 2.24) is 10.6 Å². The van der Waals surface area contributed by atoms with Gasteiger partial charge in [-0.3, -0.25) is 0 Å². The predicted octanol–water partition coefficient (Wildman–Crippen LogP) is 2.04. The highest BCUT2D eigenvalue weighted by Crippen LogP contribution is 2.38. The molecule has 2 rings (SSSR count). The number of hydrogen-bond acceptors (Lipinski definition) is 3. The molecule has 0 spiro atoms. The van der Waals surface area contributed by atoms with Gasteiger partial charge in [-0.15, -0.1) is 0 Å². The Morgan fingerprint density at radius 2 is 1.95 bits per heavy atom. The van der Waals surface area contributed by atoms with Gasteiger partial charge in [-0.1, -0.05) is 20.8 Å². The topological polar surface area (TPSA) is 70.6 Å². The van der Waals surface area contributed by atoms with Crippen LogP contribution in [0.1, 0.15) is 52.9 Å². The van der Waals surface area contributed by atoms with E-state index in [9.17, 15) is 9.90 Å². The lowest BCUT2D eigenvalue weighted by atomic mass is 9.70. The quantitative estimate of drug-likeness (QED) is 0.747. The maximum absolute atomic E-state index is 12.0. The average molecular weight is 298 g/mol. The lowest BCUT2D eigenvalue weighted by Crippen LogP contribution is -2.52. The number of amides is 2. The van der Waals surface area contributed by atoms with Gasteiger partial charge in [-0.2, -0.15) is 0 Å². The van der Waals surface area contributed by atoms with Gasteiger partial charge in [0.05, 0.1) is 5.60 Å². The van der Waals surface area contributed by atoms with Crippen molar-refractivity contribution >= 4 is 6.03 Å². The Balaban J connectivity index is 1.74. The fourth-order valence-electron chi connectivity index (χ4n) is 3.55. The molecule has 21 heavy (non-hydrogen) atoms. The molecule has 2 aliphatic rings. The highest BCUT2D eigenvalue weighted by molar-refractivity contribution is 5.74. The van der Waals surface area contributed by atoms with Crippen molar-refractivity contribution in [3.63, 3.8) is 0 Å². The van der Waals surface area contributed by atoms with Gasteiger partial charge in [0, 0.05) is 38.6 Å². The van der Waals surface area contributed by atoms with E-state index < -0.39 is 5.60 Å². The first-order valence-electron chi connectivity index (χ1n) is 8.14. The van der Waals surface area contributed by atoms with Crippen LogP contribution in [-0.4, -0.2) is 42.5 Å². The minimum absolute atomic E-state index is 0.161. The Hall–Kier alpha value is -0.810. The van der Waals surface area contributed by atoms with Crippen LogP contribution in [0.3, 0.4) is 0 Å². The van der Waals surface area contributed by atoms with E-state index in [1.165, 1.54) is 0 Å². The van der Waals surface area contributed by atoms with Gasteiger partial charge in [0.15, 0.2) is 0 Å². The van der Waals surface area contributed by atoms with E-state index in [1.807, 2.05) is 0 Å². The first kappa shape index (κ1) is 16.6. The van der Waals surface area contributed by atoms with E-state index in [-0.39, 0.29) is 12.1 Å². The summed E-state index contributed by atoms with van der Waals surface area (Å²) in [6.07, 6.45) is 4.48. The summed E-state index contributed by atoms with van der Waals surface area (Å²) in [6, 6.07) is 0.0776. The number of ether oxygens (including phenoxy) is 1. The van der Waals surface area contributed by atoms with E-state index in [4.69, 9.17) is 4.74 Å². The Labute approximate surface area is 127 Å². The van der Waals surface area contributed by atoms with Gasteiger partial charge in [-0.25, -0.2) is 4.79 Å². The van der Waals surface area contributed by atoms with Crippen molar-refractivity contribution in [2.45, 2.75) is 64.5 Å². The molecule has 122 valence electrons. The number of hydrogen-bond donors (Lipinski definition) is 3. The van der Waals surface area contributed by atoms with Crippen LogP contribution in [0.25, 0.3) is 0 Å². The van der Waals surface area contributed by atoms with Crippen LogP contribution in [0.5, 0.6) is 0 Å². The fourth-order valence-corrected chi connectivity index (χ4v) is 3.55. The summed E-state index contributed by atoms with van der Waals surface area (Å²) >= 11 is 0. The van der Waals surface area contributed by atoms with Gasteiger partial charge in [0.25, 0.3) is 0 Å². The largest absolute Gasteiger partial charge is 0.388 e. The summed E-state index contributed by atoms with van der Waals surface area (Å²) < 4.78 is 5.24. The lowest BCUT2D eigenvalue weighted by Gasteiger charge is -2.39. The molecule has 2 amide bonds. The Morgan fingerprint density at radius 1 is 1.29 bits per heavy atom. The first-order chi connectivity index (χ1) is 9.80.